The van der Waals surface area contributed by atoms with Gasteiger partial charge in [0.05, 0.1) is 0 Å². The van der Waals surface area contributed by atoms with E-state index in [0.29, 0.717) is 0 Å². The van der Waals surface area contributed by atoms with Gasteiger partial charge in [0, 0.05) is 39.6 Å². The van der Waals surface area contributed by atoms with Crippen molar-refractivity contribution in [3.8, 4) is 0 Å². The van der Waals surface area contributed by atoms with Crippen molar-refractivity contribution in [1.29, 1.82) is 0 Å². The Kier molecular flexibility index (Phi) is 22.9. The molecular formula is C7H11NO2WY-2. The van der Waals surface area contributed by atoms with E-state index in [1.807, 2.05) is 0 Å². The van der Waals surface area contributed by atoms with Gasteiger partial charge < -0.3 is 24.0 Å². The summed E-state index contributed by atoms with van der Waals surface area (Å²) >= 11 is 0. The first kappa shape index (κ1) is 23.1. The number of amides is 1. The summed E-state index contributed by atoms with van der Waals surface area (Å²) in [5, 5.41) is 0. The zero-order valence-corrected chi connectivity index (χ0v) is 13.0. The van der Waals surface area contributed by atoms with Crippen LogP contribution in [0.25, 0.3) is 0 Å². The molecular weight excluding hydrogens is 403 g/mol. The van der Waals surface area contributed by atoms with Crippen molar-refractivity contribution in [2.24, 2.45) is 0 Å². The van der Waals surface area contributed by atoms with E-state index >= 15 is 0 Å². The van der Waals surface area contributed by atoms with E-state index in [1.165, 1.54) is 13.2 Å². The number of carbonyl (C=O) groups excluding carboxylic acids is 2. The standard InChI is InChI=1S/C6H8NO2.CH3.W.Y/c1-5(4-8)7(3)6(2)9;;;/h5H,1,3H2,2H3;1H3;;/q-3;-1;+2;. The molecule has 0 aliphatic carbocycles. The summed E-state index contributed by atoms with van der Waals surface area (Å²) in [5.74, 6) is -0.293. The Morgan fingerprint density at radius 1 is 1.58 bits per heavy atom. The van der Waals surface area contributed by atoms with E-state index in [4.69, 9.17) is 0 Å². The minimum absolute atomic E-state index is 0. The van der Waals surface area contributed by atoms with Crippen LogP contribution in [0.1, 0.15) is 6.92 Å². The first-order valence-electron chi connectivity index (χ1n) is 2.40. The zero-order valence-electron chi connectivity index (χ0n) is 7.24. The quantitative estimate of drug-likeness (QED) is 0.614. The van der Waals surface area contributed by atoms with Crippen molar-refractivity contribution in [2.45, 2.75) is 13.0 Å². The molecule has 1 atom stereocenters. The fourth-order valence-corrected chi connectivity index (χ4v) is 0.283. The molecule has 0 aromatic heterocycles. The van der Waals surface area contributed by atoms with Gasteiger partial charge in [0.1, 0.15) is 0 Å². The van der Waals surface area contributed by atoms with Gasteiger partial charge in [0.25, 0.3) is 0 Å². The van der Waals surface area contributed by atoms with Crippen molar-refractivity contribution in [3.05, 3.63) is 21.4 Å². The minimum Gasteiger partial charge on any atom is -0.543 e. The normalized spacial score (nSPS) is 9.25. The molecule has 5 heteroatoms. The Hall–Kier alpha value is 0.932. The summed E-state index contributed by atoms with van der Waals surface area (Å²) in [6, 6.07) is -0.789. The molecule has 1 amide bonds. The predicted molar refractivity (Wildman–Crippen MR) is 39.1 cm³/mol. The molecule has 0 heterocycles. The van der Waals surface area contributed by atoms with E-state index < -0.39 is 6.04 Å². The second-order valence-electron chi connectivity index (χ2n) is 1.62. The summed E-state index contributed by atoms with van der Waals surface area (Å²) in [5.41, 5.74) is 0. The molecule has 0 aromatic carbocycles. The van der Waals surface area contributed by atoms with Crippen molar-refractivity contribution in [3.63, 3.8) is 0 Å². The number of hydrogen-bond donors (Lipinski definition) is 0. The van der Waals surface area contributed by atoms with Gasteiger partial charge in [0.15, 0.2) is 5.91 Å². The molecule has 12 heavy (non-hydrogen) atoms. The maximum absolute atomic E-state index is 10.4. The van der Waals surface area contributed by atoms with Crippen LogP contribution in [-0.2, 0) is 63.4 Å². The largest absolute Gasteiger partial charge is 2.00 e. The average molecular weight is 414 g/mol. The topological polar surface area (TPSA) is 37.4 Å². The molecule has 0 fully saturated rings. The van der Waals surface area contributed by atoms with E-state index in [-0.39, 0.29) is 67.1 Å². The molecule has 0 saturated carbocycles. The van der Waals surface area contributed by atoms with Crippen molar-refractivity contribution in [2.75, 3.05) is 0 Å². The average Bonchev–Trinajstić information content (AvgIpc) is 1.84. The van der Waals surface area contributed by atoms with Gasteiger partial charge >= 0.3 is 21.1 Å². The summed E-state index contributed by atoms with van der Waals surface area (Å²) in [6.45, 7) is 4.60. The van der Waals surface area contributed by atoms with Crippen molar-refractivity contribution < 1.29 is 63.4 Å². The van der Waals surface area contributed by atoms with Crippen LogP contribution in [0.4, 0.5) is 0 Å². The van der Waals surface area contributed by atoms with E-state index in [0.717, 1.165) is 4.90 Å². The van der Waals surface area contributed by atoms with Gasteiger partial charge in [0.2, 0.25) is 0 Å². The van der Waals surface area contributed by atoms with Crippen LogP contribution in [-0.4, -0.2) is 23.1 Å². The zero-order chi connectivity index (χ0) is 7.44. The molecule has 0 N–H and O–H groups in total. The predicted octanol–water partition coefficient (Wildman–Crippen LogP) is 0.384. The molecule has 0 aliphatic rings. The summed E-state index contributed by atoms with van der Waals surface area (Å²) in [4.78, 5) is 21.2. The number of rotatable bonds is 2. The Morgan fingerprint density at radius 3 is 2.00 bits per heavy atom. The number of nitrogens with zero attached hydrogens (tertiary/aromatic N) is 1. The summed E-state index contributed by atoms with van der Waals surface area (Å²) in [7, 11) is 3.27. The van der Waals surface area contributed by atoms with E-state index in [9.17, 15) is 9.59 Å². The summed E-state index contributed by atoms with van der Waals surface area (Å²) < 4.78 is 0. The van der Waals surface area contributed by atoms with Gasteiger partial charge in [-0.05, 0) is 0 Å². The van der Waals surface area contributed by atoms with Crippen LogP contribution >= 0.6 is 0 Å². The molecule has 3 nitrogen and oxygen atoms in total. The molecule has 0 bridgehead atoms. The third kappa shape index (κ3) is 9.02. The first-order chi connectivity index (χ1) is 4.09. The fourth-order valence-electron chi connectivity index (χ4n) is 0.283. The molecule has 67 valence electrons. The van der Waals surface area contributed by atoms with Crippen LogP contribution in [0.15, 0.2) is 0 Å². The van der Waals surface area contributed by atoms with Crippen LogP contribution in [0, 0.1) is 21.4 Å². The van der Waals surface area contributed by atoms with Gasteiger partial charge in [-0.1, -0.05) is 0 Å². The van der Waals surface area contributed by atoms with Crippen LogP contribution in [0.5, 0.6) is 0 Å². The maximum Gasteiger partial charge on any atom is 2.00 e. The number of carbonyl (C=O) groups is 1. The van der Waals surface area contributed by atoms with Crippen molar-refractivity contribution >= 4 is 12.2 Å². The Bertz CT molecular complexity index is 133. The van der Waals surface area contributed by atoms with Gasteiger partial charge in [-0.3, -0.25) is 18.1 Å². The second-order valence-corrected chi connectivity index (χ2v) is 1.62. The van der Waals surface area contributed by atoms with Gasteiger partial charge in [-0.15, -0.1) is 0 Å². The van der Waals surface area contributed by atoms with Crippen molar-refractivity contribution in [1.82, 2.24) is 4.90 Å². The summed E-state index contributed by atoms with van der Waals surface area (Å²) in [6.07, 6.45) is 1.53. The fraction of sp³-hybridized carbons (Fsp3) is 0.286. The molecule has 1 radical (unpaired) electrons. The van der Waals surface area contributed by atoms with E-state index in [1.54, 1.807) is 0 Å². The molecule has 0 aromatic rings. The Labute approximate surface area is 114 Å². The third-order valence-electron chi connectivity index (χ3n) is 0.917. The molecule has 0 spiro atoms. The second kappa shape index (κ2) is 11.9. The van der Waals surface area contributed by atoms with Crippen LogP contribution in [0.2, 0.25) is 0 Å². The molecule has 0 rings (SSSR count). The maximum atomic E-state index is 10.4. The SMILES string of the molecule is [CH2-]C([C-]=O)N([CH2-])C(C)=O.[CH3-].[W+2].[Y]. The van der Waals surface area contributed by atoms with Gasteiger partial charge in [-0.2, -0.15) is 0 Å². The van der Waals surface area contributed by atoms with Gasteiger partial charge in [-0.25, -0.2) is 6.04 Å². The monoisotopic (exact) mass is 414 g/mol. The van der Waals surface area contributed by atoms with Crippen LogP contribution < -0.4 is 0 Å². The third-order valence-corrected chi connectivity index (χ3v) is 0.917. The molecule has 1 unspecified atom stereocenters. The molecule has 0 saturated heterocycles. The first-order valence-corrected chi connectivity index (χ1v) is 2.40. The Balaban J connectivity index is -0.000000107. The smallest absolute Gasteiger partial charge is 0.543 e. The minimum atomic E-state index is -0.789. The van der Waals surface area contributed by atoms with E-state index in [2.05, 4.69) is 14.0 Å². The number of hydrogen-bond acceptors (Lipinski definition) is 2. The van der Waals surface area contributed by atoms with Crippen LogP contribution in [0.3, 0.4) is 0 Å². The molecule has 0 aliphatic heterocycles. The Morgan fingerprint density at radius 2 is 1.92 bits per heavy atom.